The first-order chi connectivity index (χ1) is 11.0. The predicted octanol–water partition coefficient (Wildman–Crippen LogP) is 4.45. The van der Waals surface area contributed by atoms with Gasteiger partial charge in [0.25, 0.3) is 0 Å². The highest BCUT2D eigenvalue weighted by molar-refractivity contribution is 9.10. The Balaban J connectivity index is 1.74. The lowest BCUT2D eigenvalue weighted by molar-refractivity contribution is -0.117. The van der Waals surface area contributed by atoms with E-state index in [1.165, 1.54) is 0 Å². The van der Waals surface area contributed by atoms with E-state index in [1.54, 1.807) is 47.4 Å². The number of carbonyl (C=O) groups is 2. The minimum absolute atomic E-state index is 0.121. The Morgan fingerprint density at radius 3 is 2.57 bits per heavy atom. The Morgan fingerprint density at radius 2 is 1.91 bits per heavy atom. The largest absolute Gasteiger partial charge is 0.423 e. The summed E-state index contributed by atoms with van der Waals surface area (Å²) >= 11 is 9.32. The fraction of sp³-hybridized carbons (Fsp3) is 0.176. The number of anilines is 1. The van der Waals surface area contributed by atoms with Crippen LogP contribution in [0.25, 0.3) is 0 Å². The lowest BCUT2D eigenvalue weighted by Crippen LogP contribution is -2.23. The molecule has 1 fully saturated rings. The molecule has 0 aliphatic carbocycles. The molecule has 0 radical (unpaired) electrons. The lowest BCUT2D eigenvalue weighted by Gasteiger charge is -2.15. The Morgan fingerprint density at radius 1 is 1.17 bits per heavy atom. The average molecular weight is 395 g/mol. The van der Waals surface area contributed by atoms with Gasteiger partial charge in [-0.3, -0.25) is 4.79 Å². The van der Waals surface area contributed by atoms with Gasteiger partial charge in [-0.05, 0) is 48.9 Å². The quantitative estimate of drug-likeness (QED) is 0.571. The normalized spacial score (nSPS) is 14.2. The summed E-state index contributed by atoms with van der Waals surface area (Å²) in [6.45, 7) is 0.728. The van der Waals surface area contributed by atoms with Crippen LogP contribution in [0.5, 0.6) is 5.75 Å². The monoisotopic (exact) mass is 393 g/mol. The van der Waals surface area contributed by atoms with E-state index < -0.39 is 5.97 Å². The second-order valence-electron chi connectivity index (χ2n) is 5.16. The Bertz CT molecular complexity index is 761. The number of rotatable bonds is 3. The average Bonchev–Trinajstić information content (AvgIpc) is 2.96. The summed E-state index contributed by atoms with van der Waals surface area (Å²) in [6.07, 6.45) is 1.45. The van der Waals surface area contributed by atoms with Gasteiger partial charge >= 0.3 is 5.97 Å². The molecular formula is C17H13BrClNO3. The van der Waals surface area contributed by atoms with Gasteiger partial charge in [0.15, 0.2) is 0 Å². The maximum Gasteiger partial charge on any atom is 0.345 e. The SMILES string of the molecule is O=C(Oc1ccc(N2CCCC2=O)cc1)c1cc(Br)ccc1Cl. The molecule has 1 amide bonds. The molecule has 0 aromatic heterocycles. The van der Waals surface area contributed by atoms with Gasteiger partial charge in [0, 0.05) is 23.1 Å². The van der Waals surface area contributed by atoms with Crippen LogP contribution in [-0.4, -0.2) is 18.4 Å². The number of carbonyl (C=O) groups excluding carboxylic acids is 2. The van der Waals surface area contributed by atoms with E-state index in [4.69, 9.17) is 16.3 Å². The molecule has 0 spiro atoms. The van der Waals surface area contributed by atoms with Crippen LogP contribution in [0.4, 0.5) is 5.69 Å². The molecule has 0 bridgehead atoms. The van der Waals surface area contributed by atoms with E-state index in [9.17, 15) is 9.59 Å². The first-order valence-corrected chi connectivity index (χ1v) is 8.29. The number of amides is 1. The van der Waals surface area contributed by atoms with Gasteiger partial charge in [0.05, 0.1) is 10.6 Å². The number of esters is 1. The molecule has 1 aliphatic heterocycles. The van der Waals surface area contributed by atoms with Gasteiger partial charge < -0.3 is 9.64 Å². The van der Waals surface area contributed by atoms with Crippen molar-refractivity contribution in [1.82, 2.24) is 0 Å². The highest BCUT2D eigenvalue weighted by atomic mass is 79.9. The van der Waals surface area contributed by atoms with Crippen molar-refractivity contribution in [2.24, 2.45) is 0 Å². The van der Waals surface area contributed by atoms with E-state index in [0.29, 0.717) is 22.8 Å². The molecule has 1 heterocycles. The van der Waals surface area contributed by atoms with Crippen LogP contribution in [0.2, 0.25) is 5.02 Å². The summed E-state index contributed by atoms with van der Waals surface area (Å²) in [5.41, 5.74) is 1.10. The summed E-state index contributed by atoms with van der Waals surface area (Å²) in [5, 5.41) is 0.331. The number of nitrogens with zero attached hydrogens (tertiary/aromatic N) is 1. The molecule has 2 aromatic carbocycles. The molecule has 1 saturated heterocycles. The summed E-state index contributed by atoms with van der Waals surface area (Å²) < 4.78 is 6.08. The summed E-state index contributed by atoms with van der Waals surface area (Å²) in [6, 6.07) is 11.9. The molecular weight excluding hydrogens is 382 g/mol. The van der Waals surface area contributed by atoms with Crippen molar-refractivity contribution >= 4 is 45.1 Å². The number of benzene rings is 2. The van der Waals surface area contributed by atoms with Crippen LogP contribution in [-0.2, 0) is 4.79 Å². The Kier molecular flexibility index (Phi) is 4.68. The van der Waals surface area contributed by atoms with Gasteiger partial charge in [0.1, 0.15) is 5.75 Å². The molecule has 2 aromatic rings. The zero-order chi connectivity index (χ0) is 16.4. The topological polar surface area (TPSA) is 46.6 Å². The maximum atomic E-state index is 12.2. The maximum absolute atomic E-state index is 12.2. The summed E-state index contributed by atoms with van der Waals surface area (Å²) in [5.74, 6) is -0.00148. The second-order valence-corrected chi connectivity index (χ2v) is 6.48. The smallest absolute Gasteiger partial charge is 0.345 e. The van der Waals surface area contributed by atoms with Crippen LogP contribution in [0, 0.1) is 0 Å². The molecule has 4 nitrogen and oxygen atoms in total. The minimum atomic E-state index is -0.527. The van der Waals surface area contributed by atoms with Gasteiger partial charge in [-0.25, -0.2) is 4.79 Å². The standard InChI is InChI=1S/C17H13BrClNO3/c18-11-3-8-15(19)14(10-11)17(22)23-13-6-4-12(5-7-13)20-9-1-2-16(20)21/h3-8,10H,1-2,9H2. The predicted molar refractivity (Wildman–Crippen MR) is 92.1 cm³/mol. The minimum Gasteiger partial charge on any atom is -0.423 e. The molecule has 1 aliphatic rings. The molecule has 118 valence electrons. The van der Waals surface area contributed by atoms with E-state index in [0.717, 1.165) is 23.1 Å². The third-order valence-corrected chi connectivity index (χ3v) is 4.40. The molecule has 0 atom stereocenters. The Hall–Kier alpha value is -1.85. The fourth-order valence-electron chi connectivity index (χ4n) is 2.43. The highest BCUT2D eigenvalue weighted by Crippen LogP contribution is 2.26. The van der Waals surface area contributed by atoms with E-state index in [1.807, 2.05) is 0 Å². The molecule has 0 N–H and O–H groups in total. The van der Waals surface area contributed by atoms with Crippen LogP contribution in [0.15, 0.2) is 46.9 Å². The fourth-order valence-corrected chi connectivity index (χ4v) is 2.99. The molecule has 23 heavy (non-hydrogen) atoms. The van der Waals surface area contributed by atoms with Crippen molar-refractivity contribution in [2.75, 3.05) is 11.4 Å². The summed E-state index contributed by atoms with van der Waals surface area (Å²) in [4.78, 5) is 25.6. The van der Waals surface area contributed by atoms with Gasteiger partial charge in [-0.15, -0.1) is 0 Å². The van der Waals surface area contributed by atoms with Crippen molar-refractivity contribution in [3.8, 4) is 5.75 Å². The molecule has 0 saturated carbocycles. The third-order valence-electron chi connectivity index (χ3n) is 3.58. The van der Waals surface area contributed by atoms with Crippen molar-refractivity contribution in [2.45, 2.75) is 12.8 Å². The van der Waals surface area contributed by atoms with Crippen LogP contribution < -0.4 is 9.64 Å². The molecule has 0 unspecified atom stereocenters. The number of hydrogen-bond donors (Lipinski definition) is 0. The number of ether oxygens (including phenoxy) is 1. The molecule has 3 rings (SSSR count). The lowest BCUT2D eigenvalue weighted by atomic mass is 10.2. The second kappa shape index (κ2) is 6.72. The van der Waals surface area contributed by atoms with E-state index in [2.05, 4.69) is 15.9 Å². The van der Waals surface area contributed by atoms with E-state index >= 15 is 0 Å². The van der Waals surface area contributed by atoms with E-state index in [-0.39, 0.29) is 5.91 Å². The number of hydrogen-bond acceptors (Lipinski definition) is 3. The number of halogens is 2. The van der Waals surface area contributed by atoms with Crippen LogP contribution in [0.3, 0.4) is 0 Å². The van der Waals surface area contributed by atoms with Crippen LogP contribution in [0.1, 0.15) is 23.2 Å². The van der Waals surface area contributed by atoms with Gasteiger partial charge in [0.2, 0.25) is 5.91 Å². The summed E-state index contributed by atoms with van der Waals surface area (Å²) in [7, 11) is 0. The third kappa shape index (κ3) is 3.57. The van der Waals surface area contributed by atoms with Crippen molar-refractivity contribution in [3.05, 3.63) is 57.5 Å². The first-order valence-electron chi connectivity index (χ1n) is 7.12. The van der Waals surface area contributed by atoms with Gasteiger partial charge in [-0.1, -0.05) is 27.5 Å². The Labute approximate surface area is 147 Å². The van der Waals surface area contributed by atoms with Crippen molar-refractivity contribution in [1.29, 1.82) is 0 Å². The molecule has 6 heteroatoms. The zero-order valence-electron chi connectivity index (χ0n) is 12.1. The van der Waals surface area contributed by atoms with Crippen LogP contribution >= 0.6 is 27.5 Å². The zero-order valence-corrected chi connectivity index (χ0v) is 14.4. The first kappa shape index (κ1) is 16.0. The van der Waals surface area contributed by atoms with Crippen molar-refractivity contribution < 1.29 is 14.3 Å². The highest BCUT2D eigenvalue weighted by Gasteiger charge is 2.21. The van der Waals surface area contributed by atoms with Gasteiger partial charge in [-0.2, -0.15) is 0 Å². The van der Waals surface area contributed by atoms with Crippen molar-refractivity contribution in [3.63, 3.8) is 0 Å².